The Balaban J connectivity index is 1.81. The highest BCUT2D eigenvalue weighted by Gasteiger charge is 2.48. The monoisotopic (exact) mass is 564 g/mol. The molecule has 0 saturated carbocycles. The molecule has 0 unspecified atom stereocenters. The van der Waals surface area contributed by atoms with Gasteiger partial charge in [-0.25, -0.2) is 0 Å². The normalized spacial score (nSPS) is 32.8. The summed E-state index contributed by atoms with van der Waals surface area (Å²) in [6.07, 6.45) is -15.7. The smallest absolute Gasteiger partial charge is 0.197 e. The maximum Gasteiger partial charge on any atom is 0.197 e. The molecule has 2 fully saturated rings. The van der Waals surface area contributed by atoms with Gasteiger partial charge in [0.2, 0.25) is 0 Å². The van der Waals surface area contributed by atoms with Crippen LogP contribution in [0.3, 0.4) is 0 Å². The molecule has 14 heteroatoms. The third kappa shape index (κ3) is 4.49. The Labute approximate surface area is 224 Å². The minimum Gasteiger partial charge on any atom is -0.508 e. The Hall–Kier alpha value is -3.31. The van der Waals surface area contributed by atoms with Crippen molar-refractivity contribution < 1.29 is 65.0 Å². The molecule has 0 aliphatic carbocycles. The molecule has 10 N–H and O–H groups in total. The lowest BCUT2D eigenvalue weighted by atomic mass is 9.85. The average molecular weight is 564 g/mol. The zero-order valence-corrected chi connectivity index (χ0v) is 20.6. The molecule has 216 valence electrons. The Kier molecular flexibility index (Phi) is 7.47. The summed E-state index contributed by atoms with van der Waals surface area (Å²) in [5.74, 6) is -2.00. The van der Waals surface area contributed by atoms with Gasteiger partial charge in [0.1, 0.15) is 83.3 Å². The van der Waals surface area contributed by atoms with Crippen molar-refractivity contribution in [2.75, 3.05) is 13.2 Å². The number of hydrogen-bond donors (Lipinski definition) is 10. The van der Waals surface area contributed by atoms with Crippen LogP contribution < -0.4 is 5.43 Å². The van der Waals surface area contributed by atoms with Gasteiger partial charge in [0.05, 0.1) is 24.3 Å². The maximum absolute atomic E-state index is 13.4. The fraction of sp³-hybridized carbons (Fsp3) is 0.423. The van der Waals surface area contributed by atoms with E-state index in [9.17, 15) is 55.9 Å². The van der Waals surface area contributed by atoms with E-state index in [0.29, 0.717) is 5.56 Å². The first kappa shape index (κ1) is 28.2. The van der Waals surface area contributed by atoms with E-state index in [2.05, 4.69) is 0 Å². The number of phenolic OH excluding ortho intramolecular Hbond substituents is 3. The summed E-state index contributed by atoms with van der Waals surface area (Å²) in [5.41, 5.74) is -2.19. The van der Waals surface area contributed by atoms with Crippen LogP contribution in [0.2, 0.25) is 0 Å². The van der Waals surface area contributed by atoms with Crippen LogP contribution in [0, 0.1) is 0 Å². The molecule has 14 nitrogen and oxygen atoms in total. The Morgan fingerprint density at radius 1 is 0.775 bits per heavy atom. The van der Waals surface area contributed by atoms with Crippen LogP contribution in [0.1, 0.15) is 23.3 Å². The first-order chi connectivity index (χ1) is 19.0. The topological polar surface area (TPSA) is 251 Å². The van der Waals surface area contributed by atoms with Gasteiger partial charge in [0, 0.05) is 11.6 Å². The van der Waals surface area contributed by atoms with Gasteiger partial charge in [0.15, 0.2) is 11.0 Å². The number of aliphatic hydroxyl groups is 7. The van der Waals surface area contributed by atoms with E-state index in [1.807, 2.05) is 0 Å². The number of hydrogen-bond acceptors (Lipinski definition) is 14. The lowest BCUT2D eigenvalue weighted by Crippen LogP contribution is -2.55. The van der Waals surface area contributed by atoms with Crippen molar-refractivity contribution >= 4 is 11.0 Å². The minimum atomic E-state index is -1.96. The second kappa shape index (κ2) is 10.6. The van der Waals surface area contributed by atoms with E-state index in [0.717, 1.165) is 6.07 Å². The van der Waals surface area contributed by atoms with Crippen molar-refractivity contribution in [2.45, 2.75) is 54.9 Å². The summed E-state index contributed by atoms with van der Waals surface area (Å²) in [5, 5.41) is 104. The zero-order valence-electron chi connectivity index (χ0n) is 20.6. The first-order valence-electron chi connectivity index (χ1n) is 12.3. The molecular formula is C26H28O14. The summed E-state index contributed by atoms with van der Waals surface area (Å²) in [6, 6.07) is 6.47. The fourth-order valence-corrected chi connectivity index (χ4v) is 5.11. The number of aromatic hydroxyl groups is 3. The molecule has 0 amide bonds. The molecular weight excluding hydrogens is 536 g/mol. The average Bonchev–Trinajstić information content (AvgIpc) is 2.92. The van der Waals surface area contributed by atoms with Crippen LogP contribution in [-0.2, 0) is 9.47 Å². The SMILES string of the molecule is O=c1cc(-c2ccc(O)cc2)oc2c([C@H]3O[C@H](CO)[C@@H](O)[C@H](O)[C@H]3O)c(O)c([C@H]3OC[C@@H](O)[C@H](O)[C@H]3O)c(O)c12. The maximum atomic E-state index is 13.4. The third-order valence-corrected chi connectivity index (χ3v) is 7.31. The molecule has 0 spiro atoms. The second-order valence-corrected chi connectivity index (χ2v) is 9.80. The quantitative estimate of drug-likeness (QED) is 0.169. The summed E-state index contributed by atoms with van der Waals surface area (Å²) >= 11 is 0. The summed E-state index contributed by atoms with van der Waals surface area (Å²) < 4.78 is 16.9. The van der Waals surface area contributed by atoms with Gasteiger partial charge in [-0.05, 0) is 24.3 Å². The molecule has 3 aromatic rings. The highest BCUT2D eigenvalue weighted by atomic mass is 16.5. The van der Waals surface area contributed by atoms with Crippen molar-refractivity contribution in [1.29, 1.82) is 0 Å². The van der Waals surface area contributed by atoms with E-state index in [-0.39, 0.29) is 11.5 Å². The lowest BCUT2D eigenvalue weighted by molar-refractivity contribution is -0.231. The van der Waals surface area contributed by atoms with Crippen LogP contribution >= 0.6 is 0 Å². The van der Waals surface area contributed by atoms with Crippen LogP contribution in [0.15, 0.2) is 39.5 Å². The fourth-order valence-electron chi connectivity index (χ4n) is 5.11. The van der Waals surface area contributed by atoms with Crippen molar-refractivity contribution in [1.82, 2.24) is 0 Å². The summed E-state index contributed by atoms with van der Waals surface area (Å²) in [6.45, 7) is -1.34. The van der Waals surface area contributed by atoms with Gasteiger partial charge in [-0.1, -0.05) is 0 Å². The van der Waals surface area contributed by atoms with Gasteiger partial charge in [-0.3, -0.25) is 4.79 Å². The standard InChI is InChI=1S/C26H28O14/c27-6-13-18(32)21(35)23(37)26(40-13)16-20(34)15(25-22(36)17(31)11(30)7-38-25)19(33)14-10(29)5-12(39-24(14)16)8-1-3-9(28)4-2-8/h1-5,11,13,17-18,21-23,25-28,30-37H,6-7H2/t11-,13-,17+,18-,21+,22-,23-,25-,26-/m1/s1. The van der Waals surface area contributed by atoms with E-state index in [1.54, 1.807) is 0 Å². The molecule has 5 rings (SSSR count). The lowest BCUT2D eigenvalue weighted by Gasteiger charge is -2.41. The Morgan fingerprint density at radius 3 is 2.08 bits per heavy atom. The van der Waals surface area contributed by atoms with Gasteiger partial charge in [-0.2, -0.15) is 0 Å². The van der Waals surface area contributed by atoms with Gasteiger partial charge in [-0.15, -0.1) is 0 Å². The molecule has 2 aliphatic rings. The highest BCUT2D eigenvalue weighted by molar-refractivity contribution is 5.92. The predicted octanol–water partition coefficient (Wildman–Crippen LogP) is -1.75. The number of fused-ring (bicyclic) bond motifs is 1. The van der Waals surface area contributed by atoms with E-state index >= 15 is 0 Å². The van der Waals surface area contributed by atoms with Crippen LogP contribution in [0.5, 0.6) is 17.2 Å². The van der Waals surface area contributed by atoms with Crippen molar-refractivity contribution in [2.24, 2.45) is 0 Å². The molecule has 0 radical (unpaired) electrons. The highest BCUT2D eigenvalue weighted by Crippen LogP contribution is 2.50. The van der Waals surface area contributed by atoms with E-state index in [1.165, 1.54) is 24.3 Å². The first-order valence-corrected chi connectivity index (χ1v) is 12.3. The molecule has 40 heavy (non-hydrogen) atoms. The van der Waals surface area contributed by atoms with Crippen LogP contribution in [0.25, 0.3) is 22.3 Å². The largest absolute Gasteiger partial charge is 0.508 e. The van der Waals surface area contributed by atoms with E-state index in [4.69, 9.17) is 13.9 Å². The molecule has 2 aliphatic heterocycles. The van der Waals surface area contributed by atoms with Crippen LogP contribution in [-0.4, -0.2) is 107 Å². The van der Waals surface area contributed by atoms with Crippen molar-refractivity contribution in [3.8, 4) is 28.6 Å². The van der Waals surface area contributed by atoms with Gasteiger partial charge >= 0.3 is 0 Å². The Morgan fingerprint density at radius 2 is 1.43 bits per heavy atom. The third-order valence-electron chi connectivity index (χ3n) is 7.31. The predicted molar refractivity (Wildman–Crippen MR) is 132 cm³/mol. The van der Waals surface area contributed by atoms with Gasteiger partial charge < -0.3 is 65.0 Å². The summed E-state index contributed by atoms with van der Waals surface area (Å²) in [4.78, 5) is 13.4. The second-order valence-electron chi connectivity index (χ2n) is 9.80. The van der Waals surface area contributed by atoms with E-state index < -0.39 is 107 Å². The van der Waals surface area contributed by atoms with Crippen LogP contribution in [0.4, 0.5) is 0 Å². The molecule has 3 heterocycles. The number of phenols is 3. The number of ether oxygens (including phenoxy) is 2. The van der Waals surface area contributed by atoms with Gasteiger partial charge in [0.25, 0.3) is 0 Å². The number of aliphatic hydroxyl groups excluding tert-OH is 7. The summed E-state index contributed by atoms with van der Waals surface area (Å²) in [7, 11) is 0. The molecule has 2 saturated heterocycles. The molecule has 2 aromatic carbocycles. The molecule has 1 aromatic heterocycles. The van der Waals surface area contributed by atoms with Crippen molar-refractivity contribution in [3.63, 3.8) is 0 Å². The van der Waals surface area contributed by atoms with Crippen molar-refractivity contribution in [3.05, 3.63) is 51.7 Å². The number of rotatable bonds is 4. The molecule has 9 atom stereocenters. The number of benzene rings is 2. The zero-order chi connectivity index (χ0) is 29.0. The Bertz CT molecular complexity index is 1450. The minimum absolute atomic E-state index is 0.0767. The molecule has 0 bridgehead atoms.